The summed E-state index contributed by atoms with van der Waals surface area (Å²) in [5.41, 5.74) is 0.428. The molecule has 0 bridgehead atoms. The molecule has 1 aliphatic heterocycles. The Morgan fingerprint density at radius 1 is 1.36 bits per heavy atom. The Balaban J connectivity index is 1.90. The van der Waals surface area contributed by atoms with Crippen molar-refractivity contribution in [3.63, 3.8) is 0 Å². The van der Waals surface area contributed by atoms with E-state index in [-0.39, 0.29) is 23.4 Å². The van der Waals surface area contributed by atoms with Crippen molar-refractivity contribution in [3.8, 4) is 0 Å². The molecule has 1 fully saturated rings. The van der Waals surface area contributed by atoms with Gasteiger partial charge < -0.3 is 0 Å². The number of aromatic nitrogens is 1. The molecule has 2 aromatic rings. The van der Waals surface area contributed by atoms with E-state index in [4.69, 9.17) is 0 Å². The molecule has 0 saturated carbocycles. The summed E-state index contributed by atoms with van der Waals surface area (Å²) < 4.78 is 24.6. The van der Waals surface area contributed by atoms with Gasteiger partial charge in [-0.2, -0.15) is 0 Å². The van der Waals surface area contributed by atoms with Crippen LogP contribution < -0.4 is 9.62 Å². The zero-order valence-electron chi connectivity index (χ0n) is 11.2. The van der Waals surface area contributed by atoms with Crippen LogP contribution in [0.25, 0.3) is 0 Å². The standard InChI is InChI=1S/C13H11N3O4S2/c17-11-4-7-22(19,20)16(11)10-3-1-2-9(8-10)12(18)15-13-14-5-6-21-13/h1-3,5-6,8H,4,7H2,(H,14,15,18). The number of carbonyl (C=O) groups is 2. The highest BCUT2D eigenvalue weighted by atomic mass is 32.2. The van der Waals surface area contributed by atoms with Gasteiger partial charge in [-0.05, 0) is 18.2 Å². The van der Waals surface area contributed by atoms with Gasteiger partial charge in [-0.1, -0.05) is 6.07 Å². The Hall–Kier alpha value is -2.26. The van der Waals surface area contributed by atoms with Crippen molar-refractivity contribution in [1.29, 1.82) is 0 Å². The third-order valence-electron chi connectivity index (χ3n) is 3.07. The van der Waals surface area contributed by atoms with Gasteiger partial charge in [0.25, 0.3) is 5.91 Å². The number of carbonyl (C=O) groups excluding carboxylic acids is 2. The highest BCUT2D eigenvalue weighted by Gasteiger charge is 2.36. The zero-order valence-corrected chi connectivity index (χ0v) is 12.9. The van der Waals surface area contributed by atoms with Crippen LogP contribution >= 0.6 is 11.3 Å². The molecule has 0 unspecified atom stereocenters. The predicted molar refractivity (Wildman–Crippen MR) is 82.4 cm³/mol. The van der Waals surface area contributed by atoms with Crippen LogP contribution in [0.3, 0.4) is 0 Å². The predicted octanol–water partition coefficient (Wildman–Crippen LogP) is 1.46. The molecule has 1 aliphatic rings. The van der Waals surface area contributed by atoms with E-state index in [1.54, 1.807) is 17.6 Å². The average Bonchev–Trinajstić information content (AvgIpc) is 3.07. The molecular weight excluding hydrogens is 326 g/mol. The number of hydrogen-bond donors (Lipinski definition) is 1. The minimum Gasteiger partial charge on any atom is -0.298 e. The molecule has 9 heteroatoms. The van der Waals surface area contributed by atoms with Crippen molar-refractivity contribution < 1.29 is 18.0 Å². The summed E-state index contributed by atoms with van der Waals surface area (Å²) in [4.78, 5) is 27.8. The summed E-state index contributed by atoms with van der Waals surface area (Å²) in [6.07, 6.45) is 1.52. The lowest BCUT2D eigenvalue weighted by Gasteiger charge is -2.15. The Bertz CT molecular complexity index is 831. The van der Waals surface area contributed by atoms with E-state index in [0.29, 0.717) is 5.13 Å². The second-order valence-electron chi connectivity index (χ2n) is 4.57. The summed E-state index contributed by atoms with van der Waals surface area (Å²) >= 11 is 1.27. The van der Waals surface area contributed by atoms with Gasteiger partial charge in [0.2, 0.25) is 15.9 Å². The summed E-state index contributed by atoms with van der Waals surface area (Å²) in [5.74, 6) is -1.11. The number of sulfonamides is 1. The van der Waals surface area contributed by atoms with Gasteiger partial charge in [-0.3, -0.25) is 14.9 Å². The van der Waals surface area contributed by atoms with Gasteiger partial charge in [0.15, 0.2) is 5.13 Å². The summed E-state index contributed by atoms with van der Waals surface area (Å²) in [6, 6.07) is 5.94. The van der Waals surface area contributed by atoms with Crippen LogP contribution in [0, 0.1) is 0 Å². The maximum absolute atomic E-state index is 12.1. The molecule has 0 radical (unpaired) electrons. The molecule has 0 aliphatic carbocycles. The van der Waals surface area contributed by atoms with E-state index in [0.717, 1.165) is 4.31 Å². The monoisotopic (exact) mass is 337 g/mol. The van der Waals surface area contributed by atoms with Crippen LogP contribution in [0.4, 0.5) is 10.8 Å². The second kappa shape index (κ2) is 5.50. The minimum atomic E-state index is -3.64. The molecule has 1 N–H and O–H groups in total. The van der Waals surface area contributed by atoms with Crippen LogP contribution in [0.5, 0.6) is 0 Å². The number of rotatable bonds is 3. The molecule has 1 aromatic carbocycles. The lowest BCUT2D eigenvalue weighted by Crippen LogP contribution is -2.29. The van der Waals surface area contributed by atoms with Gasteiger partial charge in [-0.15, -0.1) is 11.3 Å². The van der Waals surface area contributed by atoms with Gasteiger partial charge in [-0.25, -0.2) is 17.7 Å². The van der Waals surface area contributed by atoms with Gasteiger partial charge in [0.05, 0.1) is 11.4 Å². The Morgan fingerprint density at radius 2 is 2.18 bits per heavy atom. The lowest BCUT2D eigenvalue weighted by atomic mass is 10.2. The number of benzene rings is 1. The summed E-state index contributed by atoms with van der Waals surface area (Å²) in [5, 5.41) is 4.77. The third kappa shape index (κ3) is 2.72. The fourth-order valence-electron chi connectivity index (χ4n) is 2.10. The molecule has 1 saturated heterocycles. The minimum absolute atomic E-state index is 0.0438. The largest absolute Gasteiger partial charge is 0.298 e. The zero-order chi connectivity index (χ0) is 15.7. The van der Waals surface area contributed by atoms with Crippen molar-refractivity contribution >= 4 is 44.0 Å². The van der Waals surface area contributed by atoms with E-state index in [9.17, 15) is 18.0 Å². The highest BCUT2D eigenvalue weighted by Crippen LogP contribution is 2.26. The summed E-state index contributed by atoms with van der Waals surface area (Å²) in [6.45, 7) is 0. The fourth-order valence-corrected chi connectivity index (χ4v) is 4.07. The SMILES string of the molecule is O=C(Nc1nccs1)c1cccc(N2C(=O)CCS2(=O)=O)c1. The van der Waals surface area contributed by atoms with E-state index in [2.05, 4.69) is 10.3 Å². The normalized spacial score (nSPS) is 16.7. The molecule has 3 rings (SSSR count). The molecule has 2 heterocycles. The summed E-state index contributed by atoms with van der Waals surface area (Å²) in [7, 11) is -3.64. The number of anilines is 2. The number of nitrogens with one attached hydrogen (secondary N) is 1. The van der Waals surface area contributed by atoms with Crippen molar-refractivity contribution in [1.82, 2.24) is 4.98 Å². The van der Waals surface area contributed by atoms with Crippen LogP contribution in [-0.2, 0) is 14.8 Å². The first-order valence-corrected chi connectivity index (χ1v) is 8.83. The molecule has 7 nitrogen and oxygen atoms in total. The first kappa shape index (κ1) is 14.7. The maximum Gasteiger partial charge on any atom is 0.257 e. The van der Waals surface area contributed by atoms with Crippen LogP contribution in [-0.4, -0.2) is 31.0 Å². The molecule has 22 heavy (non-hydrogen) atoms. The van der Waals surface area contributed by atoms with E-state index in [1.807, 2.05) is 0 Å². The van der Waals surface area contributed by atoms with Gasteiger partial charge >= 0.3 is 0 Å². The Morgan fingerprint density at radius 3 is 2.82 bits per heavy atom. The number of thiazole rings is 1. The first-order valence-electron chi connectivity index (χ1n) is 6.34. The highest BCUT2D eigenvalue weighted by molar-refractivity contribution is 7.94. The van der Waals surface area contributed by atoms with Crippen molar-refractivity contribution in [2.75, 3.05) is 15.4 Å². The average molecular weight is 337 g/mol. The lowest BCUT2D eigenvalue weighted by molar-refractivity contribution is -0.116. The maximum atomic E-state index is 12.1. The van der Waals surface area contributed by atoms with Gasteiger partial charge in [0, 0.05) is 23.6 Å². The molecule has 0 spiro atoms. The number of hydrogen-bond acceptors (Lipinski definition) is 6. The molecule has 0 atom stereocenters. The topological polar surface area (TPSA) is 96.4 Å². The van der Waals surface area contributed by atoms with Crippen molar-refractivity contribution in [2.24, 2.45) is 0 Å². The molecule has 114 valence electrons. The van der Waals surface area contributed by atoms with Gasteiger partial charge in [0.1, 0.15) is 0 Å². The van der Waals surface area contributed by atoms with Crippen LogP contribution in [0.1, 0.15) is 16.8 Å². The number of amides is 2. The second-order valence-corrected chi connectivity index (χ2v) is 7.40. The van der Waals surface area contributed by atoms with Crippen LogP contribution in [0.15, 0.2) is 35.8 Å². The molecule has 2 amide bonds. The van der Waals surface area contributed by atoms with Crippen molar-refractivity contribution in [3.05, 3.63) is 41.4 Å². The molecular formula is C13H11N3O4S2. The Kier molecular flexibility index (Phi) is 3.67. The quantitative estimate of drug-likeness (QED) is 0.914. The van der Waals surface area contributed by atoms with E-state index < -0.39 is 21.8 Å². The smallest absolute Gasteiger partial charge is 0.257 e. The van der Waals surface area contributed by atoms with Crippen molar-refractivity contribution in [2.45, 2.75) is 6.42 Å². The van der Waals surface area contributed by atoms with E-state index in [1.165, 1.54) is 29.5 Å². The fraction of sp³-hybridized carbons (Fsp3) is 0.154. The first-order chi connectivity index (χ1) is 10.5. The molecule has 1 aromatic heterocycles. The van der Waals surface area contributed by atoms with Crippen LogP contribution in [0.2, 0.25) is 0 Å². The third-order valence-corrected chi connectivity index (χ3v) is 5.45. The van der Waals surface area contributed by atoms with E-state index >= 15 is 0 Å². The Labute approximate surface area is 130 Å². The number of nitrogens with zero attached hydrogens (tertiary/aromatic N) is 2.